The van der Waals surface area contributed by atoms with Gasteiger partial charge in [-0.1, -0.05) is 24.3 Å². The Labute approximate surface area is 165 Å². The Hall–Kier alpha value is -3.74. The number of imidazole rings is 1. The first-order valence-corrected chi connectivity index (χ1v) is 8.94. The van der Waals surface area contributed by atoms with Crippen molar-refractivity contribution in [2.45, 2.75) is 13.5 Å². The molecule has 0 saturated heterocycles. The molecule has 7 heteroatoms. The molecule has 5 nitrogen and oxygen atoms in total. The first-order chi connectivity index (χ1) is 14.0. The maximum absolute atomic E-state index is 13.9. The summed E-state index contributed by atoms with van der Waals surface area (Å²) in [5.74, 6) is -1.37. The van der Waals surface area contributed by atoms with Gasteiger partial charge in [-0.15, -0.1) is 0 Å². The summed E-state index contributed by atoms with van der Waals surface area (Å²) in [5, 5.41) is 2.83. The van der Waals surface area contributed by atoms with Crippen LogP contribution in [0.2, 0.25) is 0 Å². The van der Waals surface area contributed by atoms with E-state index in [9.17, 15) is 13.6 Å². The SMILES string of the molecule is Cc1nc2c(OCc3c(F)cccc3F)cccn2c1C(=O)Nc1ccccc1. The third kappa shape index (κ3) is 3.67. The average Bonchev–Trinajstić information content (AvgIpc) is 3.05. The van der Waals surface area contributed by atoms with Crippen molar-refractivity contribution in [1.29, 1.82) is 0 Å². The quantitative estimate of drug-likeness (QED) is 0.532. The third-order valence-corrected chi connectivity index (χ3v) is 4.47. The number of hydrogen-bond donors (Lipinski definition) is 1. The molecule has 0 aliphatic rings. The molecule has 0 unspecified atom stereocenters. The minimum absolute atomic E-state index is 0.167. The Morgan fingerprint density at radius 1 is 1.03 bits per heavy atom. The number of pyridine rings is 1. The lowest BCUT2D eigenvalue weighted by atomic mass is 10.2. The van der Waals surface area contributed by atoms with Gasteiger partial charge in [0.25, 0.3) is 5.91 Å². The van der Waals surface area contributed by atoms with Crippen LogP contribution in [0, 0.1) is 18.6 Å². The number of halogens is 2. The van der Waals surface area contributed by atoms with Crippen molar-refractivity contribution < 1.29 is 18.3 Å². The first kappa shape index (κ1) is 18.6. The van der Waals surface area contributed by atoms with E-state index in [2.05, 4.69) is 10.3 Å². The third-order valence-electron chi connectivity index (χ3n) is 4.47. The summed E-state index contributed by atoms with van der Waals surface area (Å²) in [6.07, 6.45) is 1.69. The standard InChI is InChI=1S/C22H17F2N3O2/c1-14-20(22(28)26-15-7-3-2-4-8-15)27-12-6-11-19(21(27)25-14)29-13-16-17(23)9-5-10-18(16)24/h2-12H,13H2,1H3,(H,26,28). The van der Waals surface area contributed by atoms with Gasteiger partial charge in [0.15, 0.2) is 11.4 Å². The van der Waals surface area contributed by atoms with Crippen molar-refractivity contribution in [3.8, 4) is 5.75 Å². The van der Waals surface area contributed by atoms with Crippen LogP contribution in [0.25, 0.3) is 5.65 Å². The number of aromatic nitrogens is 2. The molecule has 0 spiro atoms. The minimum atomic E-state index is -0.681. The maximum Gasteiger partial charge on any atom is 0.274 e. The van der Waals surface area contributed by atoms with E-state index in [-0.39, 0.29) is 18.1 Å². The summed E-state index contributed by atoms with van der Waals surface area (Å²) in [5.41, 5.74) is 1.74. The number of amides is 1. The van der Waals surface area contributed by atoms with Crippen LogP contribution >= 0.6 is 0 Å². The van der Waals surface area contributed by atoms with Gasteiger partial charge < -0.3 is 10.1 Å². The molecule has 146 valence electrons. The van der Waals surface area contributed by atoms with Crippen molar-refractivity contribution in [2.75, 3.05) is 5.32 Å². The molecule has 0 atom stereocenters. The summed E-state index contributed by atoms with van der Waals surface area (Å²) in [7, 11) is 0. The van der Waals surface area contributed by atoms with Crippen LogP contribution in [-0.4, -0.2) is 15.3 Å². The zero-order chi connectivity index (χ0) is 20.4. The van der Waals surface area contributed by atoms with Crippen molar-refractivity contribution in [2.24, 2.45) is 0 Å². The predicted molar refractivity (Wildman–Crippen MR) is 105 cm³/mol. The van der Waals surface area contributed by atoms with Crippen LogP contribution in [0.3, 0.4) is 0 Å². The monoisotopic (exact) mass is 393 g/mol. The van der Waals surface area contributed by atoms with Gasteiger partial charge in [0.05, 0.1) is 11.3 Å². The second-order valence-corrected chi connectivity index (χ2v) is 6.42. The number of para-hydroxylation sites is 1. The number of anilines is 1. The van der Waals surface area contributed by atoms with Crippen LogP contribution in [0.15, 0.2) is 66.9 Å². The van der Waals surface area contributed by atoms with E-state index in [1.807, 2.05) is 18.2 Å². The fraction of sp³-hybridized carbons (Fsp3) is 0.0909. The van der Waals surface area contributed by atoms with E-state index in [0.717, 1.165) is 0 Å². The normalized spacial score (nSPS) is 10.9. The summed E-state index contributed by atoms with van der Waals surface area (Å²) >= 11 is 0. The van der Waals surface area contributed by atoms with Crippen LogP contribution < -0.4 is 10.1 Å². The number of aryl methyl sites for hydroxylation is 1. The summed E-state index contributed by atoms with van der Waals surface area (Å²) < 4.78 is 34.9. The van der Waals surface area contributed by atoms with Gasteiger partial charge in [0.1, 0.15) is 23.9 Å². The molecule has 1 amide bonds. The molecule has 4 rings (SSSR count). The molecule has 0 aliphatic carbocycles. The highest BCUT2D eigenvalue weighted by atomic mass is 19.1. The smallest absolute Gasteiger partial charge is 0.274 e. The molecular formula is C22H17F2N3O2. The molecular weight excluding hydrogens is 376 g/mol. The van der Waals surface area contributed by atoms with E-state index < -0.39 is 11.6 Å². The van der Waals surface area contributed by atoms with Crippen molar-refractivity contribution in [3.63, 3.8) is 0 Å². The highest BCUT2D eigenvalue weighted by Crippen LogP contribution is 2.24. The highest BCUT2D eigenvalue weighted by molar-refractivity contribution is 6.04. The first-order valence-electron chi connectivity index (χ1n) is 8.94. The molecule has 1 N–H and O–H groups in total. The van der Waals surface area contributed by atoms with Gasteiger partial charge in [0.2, 0.25) is 0 Å². The molecule has 0 saturated carbocycles. The van der Waals surface area contributed by atoms with Crippen molar-refractivity contribution in [3.05, 3.63) is 95.4 Å². The van der Waals surface area contributed by atoms with E-state index in [0.29, 0.717) is 28.5 Å². The molecule has 2 aromatic carbocycles. The number of carbonyl (C=O) groups excluding carboxylic acids is 1. The minimum Gasteiger partial charge on any atom is -0.485 e. The van der Waals surface area contributed by atoms with Crippen LogP contribution in [0.4, 0.5) is 14.5 Å². The summed E-state index contributed by atoms with van der Waals surface area (Å²) in [6, 6.07) is 16.0. The fourth-order valence-corrected chi connectivity index (χ4v) is 3.07. The largest absolute Gasteiger partial charge is 0.485 e. The van der Waals surface area contributed by atoms with Crippen LogP contribution in [0.1, 0.15) is 21.7 Å². The van der Waals surface area contributed by atoms with Crippen LogP contribution in [-0.2, 0) is 6.61 Å². The van der Waals surface area contributed by atoms with E-state index in [1.54, 1.807) is 41.8 Å². The average molecular weight is 393 g/mol. The fourth-order valence-electron chi connectivity index (χ4n) is 3.07. The topological polar surface area (TPSA) is 55.6 Å². The number of carbonyl (C=O) groups is 1. The number of rotatable bonds is 5. The summed E-state index contributed by atoms with van der Waals surface area (Å²) in [4.78, 5) is 17.2. The zero-order valence-corrected chi connectivity index (χ0v) is 15.5. The van der Waals surface area contributed by atoms with Gasteiger partial charge in [-0.2, -0.15) is 0 Å². The zero-order valence-electron chi connectivity index (χ0n) is 15.5. The molecule has 0 aliphatic heterocycles. The number of nitrogens with one attached hydrogen (secondary N) is 1. The highest BCUT2D eigenvalue weighted by Gasteiger charge is 2.19. The van der Waals surface area contributed by atoms with Crippen LogP contribution in [0.5, 0.6) is 5.75 Å². The number of benzene rings is 2. The molecule has 0 radical (unpaired) electrons. The van der Waals surface area contributed by atoms with Gasteiger partial charge in [0, 0.05) is 11.9 Å². The van der Waals surface area contributed by atoms with Crippen molar-refractivity contribution in [1.82, 2.24) is 9.38 Å². The van der Waals surface area contributed by atoms with Gasteiger partial charge in [-0.25, -0.2) is 13.8 Å². The van der Waals surface area contributed by atoms with Gasteiger partial charge in [-0.3, -0.25) is 9.20 Å². The number of nitrogens with zero attached hydrogens (tertiary/aromatic N) is 2. The molecule has 4 aromatic rings. The lowest BCUT2D eigenvalue weighted by Gasteiger charge is -2.10. The predicted octanol–water partition coefficient (Wildman–Crippen LogP) is 4.75. The van der Waals surface area contributed by atoms with Crippen molar-refractivity contribution >= 4 is 17.2 Å². The van der Waals surface area contributed by atoms with Gasteiger partial charge >= 0.3 is 0 Å². The maximum atomic E-state index is 13.9. The molecule has 2 aromatic heterocycles. The Kier molecular flexibility index (Phi) is 4.95. The van der Waals surface area contributed by atoms with E-state index >= 15 is 0 Å². The molecule has 2 heterocycles. The Balaban J connectivity index is 1.64. The molecule has 29 heavy (non-hydrogen) atoms. The number of hydrogen-bond acceptors (Lipinski definition) is 3. The number of ether oxygens (including phenoxy) is 1. The molecule has 0 bridgehead atoms. The number of fused-ring (bicyclic) bond motifs is 1. The Morgan fingerprint density at radius 3 is 2.48 bits per heavy atom. The summed E-state index contributed by atoms with van der Waals surface area (Å²) in [6.45, 7) is 1.42. The Morgan fingerprint density at radius 2 is 1.76 bits per heavy atom. The second-order valence-electron chi connectivity index (χ2n) is 6.42. The Bertz CT molecular complexity index is 1170. The lowest BCUT2D eigenvalue weighted by molar-refractivity contribution is 0.102. The second kappa shape index (κ2) is 7.71. The van der Waals surface area contributed by atoms with E-state index in [1.165, 1.54) is 18.2 Å². The molecule has 0 fully saturated rings. The van der Waals surface area contributed by atoms with Gasteiger partial charge in [-0.05, 0) is 43.3 Å². The lowest BCUT2D eigenvalue weighted by Crippen LogP contribution is -2.15. The van der Waals surface area contributed by atoms with E-state index in [4.69, 9.17) is 4.74 Å².